The van der Waals surface area contributed by atoms with Gasteiger partial charge in [-0.2, -0.15) is 13.2 Å². The maximum atomic E-state index is 14.2. The van der Waals surface area contributed by atoms with Crippen LogP contribution in [0.3, 0.4) is 0 Å². The van der Waals surface area contributed by atoms with Gasteiger partial charge in [0.1, 0.15) is 11.3 Å². The van der Waals surface area contributed by atoms with Gasteiger partial charge in [-0.25, -0.2) is 0 Å². The number of ether oxygens (including phenoxy) is 1. The topological polar surface area (TPSA) is 12.5 Å². The summed E-state index contributed by atoms with van der Waals surface area (Å²) >= 11 is 0. The molecule has 0 radical (unpaired) electrons. The molecule has 2 aliphatic rings. The molecule has 1 aliphatic heterocycles. The zero-order valence-corrected chi connectivity index (χ0v) is 18.0. The number of rotatable bonds is 4. The molecule has 0 N–H and O–H groups in total. The van der Waals surface area contributed by atoms with E-state index in [1.165, 1.54) is 12.5 Å². The van der Waals surface area contributed by atoms with Crippen molar-refractivity contribution >= 4 is 10.8 Å². The van der Waals surface area contributed by atoms with Crippen LogP contribution in [0.2, 0.25) is 0 Å². The van der Waals surface area contributed by atoms with Crippen LogP contribution >= 0.6 is 0 Å². The number of halogens is 3. The highest BCUT2D eigenvalue weighted by molar-refractivity contribution is 5.89. The molecule has 1 atom stereocenters. The molecule has 2 aromatic rings. The normalized spacial score (nSPS) is 24.7. The molecule has 0 aromatic heterocycles. The van der Waals surface area contributed by atoms with Crippen LogP contribution in [-0.2, 0) is 6.18 Å². The van der Waals surface area contributed by atoms with Gasteiger partial charge in [0.15, 0.2) is 0 Å². The lowest BCUT2D eigenvalue weighted by Crippen LogP contribution is -2.32. The quantitative estimate of drug-likeness (QED) is 0.513. The zero-order valence-electron chi connectivity index (χ0n) is 18.0. The Bertz CT molecular complexity index is 865. The van der Waals surface area contributed by atoms with Crippen LogP contribution in [0.25, 0.3) is 10.8 Å². The van der Waals surface area contributed by atoms with Gasteiger partial charge in [0, 0.05) is 6.04 Å². The highest BCUT2D eigenvalue weighted by Crippen LogP contribution is 2.43. The second-order valence-electron chi connectivity index (χ2n) is 9.19. The van der Waals surface area contributed by atoms with Gasteiger partial charge in [-0.3, -0.25) is 4.90 Å². The Morgan fingerprint density at radius 2 is 1.63 bits per heavy atom. The standard InChI is InChI=1S/C25H32F3NO/c1-17-6-11-21(12-7-17)30-23-13-10-19-8-9-20(16-22(19)24(23)25(26,27)28)18(2)29-14-4-3-5-15-29/h8-10,13,16-18,21H,3-7,11-12,14-15H2,1-2H3/t17?,18-,21?/m1/s1. The zero-order chi connectivity index (χ0) is 21.3. The van der Waals surface area contributed by atoms with Crippen molar-refractivity contribution in [3.63, 3.8) is 0 Å². The predicted molar refractivity (Wildman–Crippen MR) is 115 cm³/mol. The molecule has 1 aliphatic carbocycles. The average Bonchev–Trinajstić information content (AvgIpc) is 2.74. The third-order valence-electron chi connectivity index (χ3n) is 6.97. The summed E-state index contributed by atoms with van der Waals surface area (Å²) in [5, 5.41) is 0.868. The number of piperidine rings is 1. The van der Waals surface area contributed by atoms with Crippen molar-refractivity contribution in [1.29, 1.82) is 0 Å². The van der Waals surface area contributed by atoms with Crippen molar-refractivity contribution in [2.75, 3.05) is 13.1 Å². The van der Waals surface area contributed by atoms with Crippen LogP contribution in [0.5, 0.6) is 5.75 Å². The summed E-state index contributed by atoms with van der Waals surface area (Å²) in [6.45, 7) is 6.31. The molecular weight excluding hydrogens is 387 g/mol. The van der Waals surface area contributed by atoms with E-state index < -0.39 is 11.7 Å². The first-order valence-electron chi connectivity index (χ1n) is 11.4. The van der Waals surface area contributed by atoms with Crippen molar-refractivity contribution < 1.29 is 17.9 Å². The van der Waals surface area contributed by atoms with Gasteiger partial charge in [0.2, 0.25) is 0 Å². The second-order valence-corrected chi connectivity index (χ2v) is 9.19. The molecule has 0 unspecified atom stereocenters. The molecule has 5 heteroatoms. The Morgan fingerprint density at radius 1 is 0.967 bits per heavy atom. The van der Waals surface area contributed by atoms with Crippen LogP contribution in [0.4, 0.5) is 13.2 Å². The number of hydrogen-bond acceptors (Lipinski definition) is 2. The third-order valence-corrected chi connectivity index (χ3v) is 6.97. The minimum atomic E-state index is -4.45. The van der Waals surface area contributed by atoms with E-state index in [2.05, 4.69) is 18.7 Å². The van der Waals surface area contributed by atoms with Crippen LogP contribution in [-0.4, -0.2) is 24.1 Å². The van der Waals surface area contributed by atoms with Crippen LogP contribution in [0.1, 0.15) is 76.0 Å². The largest absolute Gasteiger partial charge is 0.490 e. The van der Waals surface area contributed by atoms with Gasteiger partial charge in [-0.15, -0.1) is 0 Å². The fourth-order valence-corrected chi connectivity index (χ4v) is 5.01. The fraction of sp³-hybridized carbons (Fsp3) is 0.600. The molecule has 0 spiro atoms. The maximum Gasteiger partial charge on any atom is 0.420 e. The number of hydrogen-bond donors (Lipinski definition) is 0. The maximum absolute atomic E-state index is 14.2. The van der Waals surface area contributed by atoms with E-state index in [0.717, 1.165) is 57.2 Å². The molecule has 2 aromatic carbocycles. The molecule has 2 fully saturated rings. The van der Waals surface area contributed by atoms with Crippen molar-refractivity contribution in [3.05, 3.63) is 41.5 Å². The second kappa shape index (κ2) is 8.78. The highest BCUT2D eigenvalue weighted by atomic mass is 19.4. The summed E-state index contributed by atoms with van der Waals surface area (Å²) in [6, 6.07) is 8.93. The molecule has 0 amide bonds. The summed E-state index contributed by atoms with van der Waals surface area (Å²) < 4.78 is 48.5. The first-order chi connectivity index (χ1) is 14.3. The summed E-state index contributed by atoms with van der Waals surface area (Å²) in [7, 11) is 0. The van der Waals surface area contributed by atoms with E-state index >= 15 is 0 Å². The van der Waals surface area contributed by atoms with E-state index in [4.69, 9.17) is 4.74 Å². The monoisotopic (exact) mass is 419 g/mol. The Hall–Kier alpha value is -1.75. The van der Waals surface area contributed by atoms with Crippen LogP contribution < -0.4 is 4.74 Å². The molecular formula is C25H32F3NO. The molecule has 0 bridgehead atoms. The first-order valence-corrected chi connectivity index (χ1v) is 11.4. The lowest BCUT2D eigenvalue weighted by molar-refractivity contribution is -0.138. The summed E-state index contributed by atoms with van der Waals surface area (Å²) in [5.41, 5.74) is 0.324. The number of fused-ring (bicyclic) bond motifs is 1. The molecule has 2 nitrogen and oxygen atoms in total. The number of nitrogens with zero attached hydrogens (tertiary/aromatic N) is 1. The lowest BCUT2D eigenvalue weighted by atomic mass is 9.89. The minimum Gasteiger partial charge on any atom is -0.490 e. The van der Waals surface area contributed by atoms with Gasteiger partial charge >= 0.3 is 6.18 Å². The van der Waals surface area contributed by atoms with Crippen molar-refractivity contribution in [2.45, 2.75) is 77.1 Å². The summed E-state index contributed by atoms with van der Waals surface area (Å²) in [5.74, 6) is 0.611. The summed E-state index contributed by atoms with van der Waals surface area (Å²) in [6.07, 6.45) is 2.63. The van der Waals surface area contributed by atoms with Gasteiger partial charge in [0.05, 0.1) is 6.10 Å². The molecule has 164 valence electrons. The number of likely N-dealkylation sites (tertiary alicyclic amines) is 1. The molecule has 30 heavy (non-hydrogen) atoms. The number of alkyl halides is 3. The van der Waals surface area contributed by atoms with Gasteiger partial charge < -0.3 is 4.74 Å². The molecule has 1 saturated carbocycles. The van der Waals surface area contributed by atoms with Crippen molar-refractivity contribution in [3.8, 4) is 5.75 Å². The predicted octanol–water partition coefficient (Wildman–Crippen LogP) is 7.36. The van der Waals surface area contributed by atoms with Gasteiger partial charge in [-0.1, -0.05) is 31.5 Å². The fourth-order valence-electron chi connectivity index (χ4n) is 5.01. The Morgan fingerprint density at radius 3 is 2.30 bits per heavy atom. The SMILES string of the molecule is CC1CCC(Oc2ccc3ccc([C@@H](C)N4CCCCC4)cc3c2C(F)(F)F)CC1. The number of benzene rings is 2. The molecule has 1 saturated heterocycles. The third kappa shape index (κ3) is 4.61. The van der Waals surface area contributed by atoms with Gasteiger partial charge in [-0.05, 0) is 92.9 Å². The van der Waals surface area contributed by atoms with E-state index in [9.17, 15) is 13.2 Å². The Balaban J connectivity index is 1.70. The lowest BCUT2D eigenvalue weighted by Gasteiger charge is -2.33. The summed E-state index contributed by atoms with van der Waals surface area (Å²) in [4.78, 5) is 2.38. The van der Waals surface area contributed by atoms with E-state index in [1.807, 2.05) is 12.1 Å². The average molecular weight is 420 g/mol. The first kappa shape index (κ1) is 21.5. The minimum absolute atomic E-state index is 0.0164. The van der Waals surface area contributed by atoms with Crippen molar-refractivity contribution in [1.82, 2.24) is 4.90 Å². The Labute approximate surface area is 177 Å². The smallest absolute Gasteiger partial charge is 0.420 e. The van der Waals surface area contributed by atoms with Gasteiger partial charge in [0.25, 0.3) is 0 Å². The van der Waals surface area contributed by atoms with Crippen molar-refractivity contribution in [2.24, 2.45) is 5.92 Å². The van der Waals surface area contributed by atoms with E-state index in [1.54, 1.807) is 12.1 Å². The van der Waals surface area contributed by atoms with Crippen LogP contribution in [0.15, 0.2) is 30.3 Å². The van der Waals surface area contributed by atoms with E-state index in [0.29, 0.717) is 11.3 Å². The molecule has 1 heterocycles. The highest BCUT2D eigenvalue weighted by Gasteiger charge is 2.37. The Kier molecular flexibility index (Phi) is 6.29. The molecule has 4 rings (SSSR count). The van der Waals surface area contributed by atoms with E-state index in [-0.39, 0.29) is 23.3 Å². The van der Waals surface area contributed by atoms with Crippen LogP contribution in [0, 0.1) is 5.92 Å².